The molecule has 32 heavy (non-hydrogen) atoms. The van der Waals surface area contributed by atoms with Crippen LogP contribution in [-0.2, 0) is 17.6 Å². The minimum Gasteiger partial charge on any atom is -0.497 e. The van der Waals surface area contributed by atoms with Crippen LogP contribution in [0.5, 0.6) is 11.5 Å². The SMILES string of the molecule is COc1ccc(NC(=O)CSc2nnc3c4c5c(sc4nc(C)n23)CCCC5)c(OC)c1. The number of benzene rings is 1. The van der Waals surface area contributed by atoms with Gasteiger partial charge in [0.2, 0.25) is 5.91 Å². The van der Waals surface area contributed by atoms with E-state index in [1.54, 1.807) is 43.8 Å². The third kappa shape index (κ3) is 3.67. The maximum Gasteiger partial charge on any atom is 0.234 e. The van der Waals surface area contributed by atoms with Gasteiger partial charge in [-0.05, 0) is 50.3 Å². The average molecular weight is 470 g/mol. The summed E-state index contributed by atoms with van der Waals surface area (Å²) in [6.45, 7) is 1.96. The molecule has 0 saturated carbocycles. The number of amides is 1. The molecule has 0 aliphatic heterocycles. The zero-order chi connectivity index (χ0) is 22.2. The molecule has 1 N–H and O–H groups in total. The first-order chi connectivity index (χ1) is 15.6. The second-order valence-corrected chi connectivity index (χ2v) is 9.62. The first-order valence-electron chi connectivity index (χ1n) is 10.4. The van der Waals surface area contributed by atoms with E-state index < -0.39 is 0 Å². The maximum atomic E-state index is 12.6. The van der Waals surface area contributed by atoms with Crippen molar-refractivity contribution in [1.29, 1.82) is 0 Å². The van der Waals surface area contributed by atoms with E-state index in [1.807, 2.05) is 11.3 Å². The smallest absolute Gasteiger partial charge is 0.234 e. The van der Waals surface area contributed by atoms with Crippen LogP contribution in [0.3, 0.4) is 0 Å². The highest BCUT2D eigenvalue weighted by Gasteiger charge is 2.23. The molecule has 1 aliphatic rings. The summed E-state index contributed by atoms with van der Waals surface area (Å²) >= 11 is 3.12. The highest BCUT2D eigenvalue weighted by atomic mass is 32.2. The lowest BCUT2D eigenvalue weighted by Gasteiger charge is -2.11. The number of hydrogen-bond acceptors (Lipinski definition) is 8. The van der Waals surface area contributed by atoms with Gasteiger partial charge in [0.1, 0.15) is 22.2 Å². The summed E-state index contributed by atoms with van der Waals surface area (Å²) in [6.07, 6.45) is 4.62. The zero-order valence-electron chi connectivity index (χ0n) is 18.1. The van der Waals surface area contributed by atoms with Gasteiger partial charge in [-0.25, -0.2) is 4.98 Å². The highest BCUT2D eigenvalue weighted by molar-refractivity contribution is 7.99. The van der Waals surface area contributed by atoms with E-state index in [0.717, 1.165) is 34.5 Å². The molecule has 0 spiro atoms. The van der Waals surface area contributed by atoms with Crippen molar-refractivity contribution in [2.24, 2.45) is 0 Å². The number of aryl methyl sites for hydroxylation is 3. The summed E-state index contributed by atoms with van der Waals surface area (Å²) in [5, 5.41) is 13.6. The van der Waals surface area contributed by atoms with Gasteiger partial charge in [0.15, 0.2) is 10.8 Å². The second-order valence-electron chi connectivity index (χ2n) is 7.59. The zero-order valence-corrected chi connectivity index (χ0v) is 19.7. The second kappa shape index (κ2) is 8.59. The number of carbonyl (C=O) groups excluding carboxylic acids is 1. The van der Waals surface area contributed by atoms with Crippen LogP contribution >= 0.6 is 23.1 Å². The molecular weight excluding hydrogens is 446 g/mol. The number of fused-ring (bicyclic) bond motifs is 5. The van der Waals surface area contributed by atoms with Gasteiger partial charge in [-0.3, -0.25) is 9.20 Å². The van der Waals surface area contributed by atoms with Crippen molar-refractivity contribution in [3.05, 3.63) is 34.5 Å². The summed E-state index contributed by atoms with van der Waals surface area (Å²) in [7, 11) is 3.14. The molecule has 8 nitrogen and oxygen atoms in total. The standard InChI is InChI=1S/C22H23N5O3S2/c1-12-23-21-19(14-6-4-5-7-17(14)32-21)20-25-26-22(27(12)20)31-11-18(28)24-15-9-8-13(29-2)10-16(15)30-3/h8-10H,4-7,11H2,1-3H3,(H,24,28). The quantitative estimate of drug-likeness (QED) is 0.422. The van der Waals surface area contributed by atoms with Gasteiger partial charge in [-0.15, -0.1) is 21.5 Å². The Morgan fingerprint density at radius 3 is 2.88 bits per heavy atom. The Hall–Kier alpha value is -2.85. The minimum absolute atomic E-state index is 0.158. The van der Waals surface area contributed by atoms with Crippen LogP contribution in [-0.4, -0.2) is 45.5 Å². The van der Waals surface area contributed by atoms with Gasteiger partial charge in [-0.1, -0.05) is 11.8 Å². The number of methoxy groups -OCH3 is 2. The molecule has 1 amide bonds. The molecule has 1 aliphatic carbocycles. The van der Waals surface area contributed by atoms with Crippen molar-refractivity contribution in [2.75, 3.05) is 25.3 Å². The lowest BCUT2D eigenvalue weighted by atomic mass is 9.97. The van der Waals surface area contributed by atoms with Crippen LogP contribution < -0.4 is 14.8 Å². The molecule has 10 heteroatoms. The van der Waals surface area contributed by atoms with Gasteiger partial charge in [0.05, 0.1) is 31.0 Å². The number of thiophene rings is 1. The van der Waals surface area contributed by atoms with Gasteiger partial charge < -0.3 is 14.8 Å². The van der Waals surface area contributed by atoms with E-state index in [9.17, 15) is 4.79 Å². The van der Waals surface area contributed by atoms with Crippen LogP contribution in [0, 0.1) is 6.92 Å². The number of anilines is 1. The fraction of sp³-hybridized carbons (Fsp3) is 0.364. The Morgan fingerprint density at radius 2 is 2.06 bits per heavy atom. The van der Waals surface area contributed by atoms with Crippen LogP contribution in [0.15, 0.2) is 23.4 Å². The van der Waals surface area contributed by atoms with Crippen LogP contribution in [0.25, 0.3) is 15.9 Å². The largest absolute Gasteiger partial charge is 0.497 e. The van der Waals surface area contributed by atoms with E-state index in [4.69, 9.17) is 14.5 Å². The van der Waals surface area contributed by atoms with Crippen molar-refractivity contribution >= 4 is 50.6 Å². The molecule has 5 rings (SSSR count). The summed E-state index contributed by atoms with van der Waals surface area (Å²) in [6, 6.07) is 5.27. The number of nitrogens with zero attached hydrogens (tertiary/aromatic N) is 4. The summed E-state index contributed by atoms with van der Waals surface area (Å²) in [4.78, 5) is 19.9. The van der Waals surface area contributed by atoms with Crippen molar-refractivity contribution in [1.82, 2.24) is 19.6 Å². The summed E-state index contributed by atoms with van der Waals surface area (Å²) in [5.74, 6) is 2.06. The molecule has 0 atom stereocenters. The van der Waals surface area contributed by atoms with E-state index in [-0.39, 0.29) is 11.7 Å². The Morgan fingerprint density at radius 1 is 1.22 bits per heavy atom. The molecule has 0 fully saturated rings. The lowest BCUT2D eigenvalue weighted by molar-refractivity contribution is -0.113. The monoisotopic (exact) mass is 469 g/mol. The normalized spacial score (nSPS) is 13.3. The van der Waals surface area contributed by atoms with Crippen LogP contribution in [0.4, 0.5) is 5.69 Å². The third-order valence-corrected chi connectivity index (χ3v) is 7.73. The number of hydrogen-bond donors (Lipinski definition) is 1. The molecule has 3 heterocycles. The molecule has 3 aromatic heterocycles. The van der Waals surface area contributed by atoms with Gasteiger partial charge in [0.25, 0.3) is 0 Å². The minimum atomic E-state index is -0.158. The van der Waals surface area contributed by atoms with Crippen molar-refractivity contribution < 1.29 is 14.3 Å². The topological polar surface area (TPSA) is 90.6 Å². The molecule has 0 saturated heterocycles. The maximum absolute atomic E-state index is 12.6. The Labute approximate surface area is 193 Å². The van der Waals surface area contributed by atoms with Crippen LogP contribution in [0.1, 0.15) is 29.1 Å². The number of carbonyl (C=O) groups is 1. The molecular formula is C22H23N5O3S2. The van der Waals surface area contributed by atoms with Gasteiger partial charge in [-0.2, -0.15) is 0 Å². The van der Waals surface area contributed by atoms with Crippen molar-refractivity contribution in [3.63, 3.8) is 0 Å². The summed E-state index contributed by atoms with van der Waals surface area (Å²) < 4.78 is 12.5. The fourth-order valence-electron chi connectivity index (χ4n) is 4.09. The van der Waals surface area contributed by atoms with Crippen molar-refractivity contribution in [3.8, 4) is 11.5 Å². The van der Waals surface area contributed by atoms with Crippen molar-refractivity contribution in [2.45, 2.75) is 37.8 Å². The Kier molecular flexibility index (Phi) is 5.64. The van der Waals surface area contributed by atoms with Gasteiger partial charge in [0, 0.05) is 10.9 Å². The molecule has 4 aromatic rings. The number of ether oxygens (including phenoxy) is 2. The first kappa shape index (κ1) is 21.0. The average Bonchev–Trinajstić information content (AvgIpc) is 3.39. The number of aromatic nitrogens is 4. The molecule has 0 radical (unpaired) electrons. The number of rotatable bonds is 6. The fourth-order valence-corrected chi connectivity index (χ4v) is 6.17. The molecule has 0 bridgehead atoms. The van der Waals surface area contributed by atoms with Gasteiger partial charge >= 0.3 is 0 Å². The molecule has 166 valence electrons. The Balaban J connectivity index is 1.39. The van der Waals surface area contributed by atoms with E-state index in [1.165, 1.54) is 35.0 Å². The van der Waals surface area contributed by atoms with E-state index in [0.29, 0.717) is 22.3 Å². The highest BCUT2D eigenvalue weighted by Crippen LogP contribution is 2.38. The predicted octanol–water partition coefficient (Wildman–Crippen LogP) is 4.27. The molecule has 0 unspecified atom stereocenters. The van der Waals surface area contributed by atoms with E-state index in [2.05, 4.69) is 15.5 Å². The summed E-state index contributed by atoms with van der Waals surface area (Å²) in [5.41, 5.74) is 2.81. The number of nitrogens with one attached hydrogen (secondary N) is 1. The third-order valence-electron chi connectivity index (χ3n) is 5.61. The first-order valence-corrected chi connectivity index (χ1v) is 12.2. The lowest BCUT2D eigenvalue weighted by Crippen LogP contribution is -2.15. The predicted molar refractivity (Wildman–Crippen MR) is 126 cm³/mol. The van der Waals surface area contributed by atoms with Crippen LogP contribution in [0.2, 0.25) is 0 Å². The van der Waals surface area contributed by atoms with E-state index >= 15 is 0 Å². The number of thioether (sulfide) groups is 1. The Bertz CT molecular complexity index is 1330. The molecule has 1 aromatic carbocycles.